The van der Waals surface area contributed by atoms with E-state index in [2.05, 4.69) is 10.9 Å². The summed E-state index contributed by atoms with van der Waals surface area (Å²) in [6.45, 7) is 5.03. The van der Waals surface area contributed by atoms with Gasteiger partial charge >= 0.3 is 7.60 Å². The molecular weight excluding hydrogens is 413 g/mol. The topological polar surface area (TPSA) is 149 Å². The lowest BCUT2D eigenvalue weighted by atomic mass is 9.90. The summed E-state index contributed by atoms with van der Waals surface area (Å²) in [6, 6.07) is 2.67. The number of aliphatic hydroxyl groups is 3. The number of terminal acetylenes is 1. The van der Waals surface area contributed by atoms with Crippen LogP contribution >= 0.6 is 7.60 Å². The molecule has 5 N–H and O–H groups in total. The summed E-state index contributed by atoms with van der Waals surface area (Å²) in [5.41, 5.74) is -1.13. The molecule has 4 unspecified atom stereocenters. The summed E-state index contributed by atoms with van der Waals surface area (Å²) >= 11 is 0. The van der Waals surface area contributed by atoms with E-state index >= 15 is 0 Å². The third-order valence-electron chi connectivity index (χ3n) is 5.27. The highest BCUT2D eigenvalue weighted by Gasteiger charge is 2.48. The number of hydrogen-bond acceptors (Lipinski definition) is 7. The molecule has 0 aliphatic carbocycles. The van der Waals surface area contributed by atoms with E-state index in [-0.39, 0.29) is 18.5 Å². The molecule has 1 aromatic rings. The molecule has 1 saturated heterocycles. The van der Waals surface area contributed by atoms with Crippen LogP contribution in [0, 0.1) is 12.3 Å². The van der Waals surface area contributed by atoms with Crippen molar-refractivity contribution in [2.45, 2.75) is 82.3 Å². The van der Waals surface area contributed by atoms with Gasteiger partial charge in [-0.25, -0.2) is 0 Å². The highest BCUT2D eigenvalue weighted by atomic mass is 31.2. The molecular formula is C20H30NO8P. The minimum atomic E-state index is -4.33. The Morgan fingerprint density at radius 2 is 2.03 bits per heavy atom. The molecule has 7 atom stereocenters. The number of pyridine rings is 1. The number of H-pyrrole nitrogens is 1. The molecule has 0 bridgehead atoms. The third-order valence-corrected chi connectivity index (χ3v) is 7.09. The Labute approximate surface area is 175 Å². The van der Waals surface area contributed by atoms with Crippen LogP contribution < -0.4 is 5.56 Å². The molecule has 2 heterocycles. The van der Waals surface area contributed by atoms with Gasteiger partial charge in [0.25, 0.3) is 0 Å². The predicted molar refractivity (Wildman–Crippen MR) is 110 cm³/mol. The zero-order chi connectivity index (χ0) is 22.7. The molecule has 1 aliphatic rings. The van der Waals surface area contributed by atoms with Gasteiger partial charge in [0.2, 0.25) is 5.56 Å². The molecule has 2 rings (SSSR count). The summed E-state index contributed by atoms with van der Waals surface area (Å²) in [5, 5.41) is 30.9. The van der Waals surface area contributed by atoms with Crippen LogP contribution in [0.4, 0.5) is 0 Å². The van der Waals surface area contributed by atoms with Crippen molar-refractivity contribution < 1.29 is 34.0 Å². The molecule has 9 nitrogen and oxygen atoms in total. The Morgan fingerprint density at radius 3 is 2.60 bits per heavy atom. The van der Waals surface area contributed by atoms with Crippen molar-refractivity contribution in [1.82, 2.24) is 4.98 Å². The van der Waals surface area contributed by atoms with E-state index in [1.807, 2.05) is 6.92 Å². The summed E-state index contributed by atoms with van der Waals surface area (Å²) < 4.78 is 23.8. The highest BCUT2D eigenvalue weighted by molar-refractivity contribution is 7.53. The lowest BCUT2D eigenvalue weighted by molar-refractivity contribution is -0.0512. The fourth-order valence-corrected chi connectivity index (χ4v) is 5.14. The number of aliphatic hydroxyl groups excluding tert-OH is 3. The van der Waals surface area contributed by atoms with Crippen LogP contribution in [0.25, 0.3) is 0 Å². The predicted octanol–water partition coefficient (Wildman–Crippen LogP) is 1.40. The normalized spacial score (nSPS) is 29.0. The van der Waals surface area contributed by atoms with Crippen LogP contribution in [0.2, 0.25) is 0 Å². The maximum atomic E-state index is 12.4. The standard InChI is InChI=1S/C20H30NO8P/c1-5-10-20(4,29-30(26,27)16(23)7-3)11-14-17(24)18(25)19(28-14)12-8-9-15(22)21-13(12)6-2/h2,8-9,14,16-19,23-25H,5,7,10-11H2,1,3-4H3,(H,21,22)(H,26,27)/t14-,16?,17?,18+,19+,20?/m1/s1. The average molecular weight is 443 g/mol. The van der Waals surface area contributed by atoms with Gasteiger partial charge in [-0.2, -0.15) is 0 Å². The number of hydrogen-bond donors (Lipinski definition) is 5. The molecule has 0 amide bonds. The van der Waals surface area contributed by atoms with Gasteiger partial charge in [-0.05, 0) is 25.8 Å². The van der Waals surface area contributed by atoms with E-state index in [4.69, 9.17) is 15.7 Å². The first-order chi connectivity index (χ1) is 14.0. The zero-order valence-electron chi connectivity index (χ0n) is 17.3. The van der Waals surface area contributed by atoms with E-state index in [0.717, 1.165) is 0 Å². The van der Waals surface area contributed by atoms with E-state index < -0.39 is 49.0 Å². The third kappa shape index (κ3) is 5.40. The van der Waals surface area contributed by atoms with Crippen LogP contribution in [0.3, 0.4) is 0 Å². The molecule has 1 aromatic heterocycles. The van der Waals surface area contributed by atoms with Gasteiger partial charge in [0.05, 0.1) is 17.4 Å². The SMILES string of the molecule is C#Cc1[nH]c(=O)ccc1[C@@H]1O[C@H](CC(C)(CCC)OP(=O)(O)C(O)CC)C(O)[C@@H]1O. The van der Waals surface area contributed by atoms with Gasteiger partial charge in [-0.15, -0.1) is 6.42 Å². The fraction of sp³-hybridized carbons (Fsp3) is 0.650. The Morgan fingerprint density at radius 1 is 1.37 bits per heavy atom. The first kappa shape index (κ1) is 24.8. The minimum absolute atomic E-state index is 0.00864. The van der Waals surface area contributed by atoms with Crippen molar-refractivity contribution >= 4 is 7.60 Å². The molecule has 10 heteroatoms. The Balaban J connectivity index is 2.27. The number of rotatable bonds is 9. The van der Waals surface area contributed by atoms with Crippen LogP contribution in [0.5, 0.6) is 0 Å². The summed E-state index contributed by atoms with van der Waals surface area (Å²) in [4.78, 5) is 24.1. The van der Waals surface area contributed by atoms with Crippen LogP contribution in [-0.2, 0) is 13.8 Å². The smallest absolute Gasteiger partial charge is 0.356 e. The molecule has 0 aromatic carbocycles. The molecule has 30 heavy (non-hydrogen) atoms. The van der Waals surface area contributed by atoms with E-state index in [9.17, 15) is 29.6 Å². The van der Waals surface area contributed by atoms with Gasteiger partial charge in [0, 0.05) is 18.1 Å². The Hall–Kier alpha value is -1.50. The monoisotopic (exact) mass is 443 g/mol. The van der Waals surface area contributed by atoms with Crippen molar-refractivity contribution in [3.8, 4) is 12.3 Å². The van der Waals surface area contributed by atoms with Gasteiger partial charge in [-0.3, -0.25) is 9.36 Å². The molecule has 1 fully saturated rings. The van der Waals surface area contributed by atoms with Gasteiger partial charge in [0.1, 0.15) is 18.3 Å². The maximum absolute atomic E-state index is 12.4. The van der Waals surface area contributed by atoms with Crippen LogP contribution in [0.1, 0.15) is 63.8 Å². The Bertz CT molecular complexity index is 880. The largest absolute Gasteiger partial charge is 0.388 e. The summed E-state index contributed by atoms with van der Waals surface area (Å²) in [5.74, 6) is 0.804. The summed E-state index contributed by atoms with van der Waals surface area (Å²) in [7, 11) is -4.33. The van der Waals surface area contributed by atoms with E-state index in [0.29, 0.717) is 18.4 Å². The fourth-order valence-electron chi connectivity index (χ4n) is 3.76. The van der Waals surface area contributed by atoms with Crippen LogP contribution in [0.15, 0.2) is 16.9 Å². The second-order valence-electron chi connectivity index (χ2n) is 7.82. The van der Waals surface area contributed by atoms with Gasteiger partial charge in [0.15, 0.2) is 5.85 Å². The number of aromatic amines is 1. The zero-order valence-corrected chi connectivity index (χ0v) is 18.2. The van der Waals surface area contributed by atoms with Crippen molar-refractivity contribution in [3.05, 3.63) is 33.7 Å². The van der Waals surface area contributed by atoms with Crippen LogP contribution in [-0.4, -0.2) is 55.0 Å². The molecule has 168 valence electrons. The first-order valence-corrected chi connectivity index (χ1v) is 11.6. The second kappa shape index (κ2) is 9.75. The lowest BCUT2D eigenvalue weighted by Crippen LogP contribution is -2.39. The molecule has 0 spiro atoms. The average Bonchev–Trinajstić information content (AvgIpc) is 2.94. The highest BCUT2D eigenvalue weighted by Crippen LogP contribution is 2.53. The lowest BCUT2D eigenvalue weighted by Gasteiger charge is -2.35. The first-order valence-electron chi connectivity index (χ1n) is 9.90. The minimum Gasteiger partial charge on any atom is -0.388 e. The molecule has 0 radical (unpaired) electrons. The van der Waals surface area contributed by atoms with Crippen molar-refractivity contribution in [2.24, 2.45) is 0 Å². The number of ether oxygens (including phenoxy) is 1. The van der Waals surface area contributed by atoms with Crippen molar-refractivity contribution in [1.29, 1.82) is 0 Å². The maximum Gasteiger partial charge on any atom is 0.356 e. The molecule has 0 saturated carbocycles. The van der Waals surface area contributed by atoms with Gasteiger partial charge < -0.3 is 34.5 Å². The number of aromatic nitrogens is 1. The quantitative estimate of drug-likeness (QED) is 0.284. The van der Waals surface area contributed by atoms with Gasteiger partial charge in [-0.1, -0.05) is 26.2 Å². The summed E-state index contributed by atoms with van der Waals surface area (Å²) in [6.07, 6.45) is 1.85. The van der Waals surface area contributed by atoms with Crippen molar-refractivity contribution in [2.75, 3.05) is 0 Å². The Kier molecular flexibility index (Phi) is 8.05. The number of nitrogens with one attached hydrogen (secondary N) is 1. The van der Waals surface area contributed by atoms with E-state index in [1.54, 1.807) is 13.8 Å². The van der Waals surface area contributed by atoms with Crippen molar-refractivity contribution in [3.63, 3.8) is 0 Å². The second-order valence-corrected chi connectivity index (χ2v) is 9.73. The molecule has 1 aliphatic heterocycles. The van der Waals surface area contributed by atoms with E-state index in [1.165, 1.54) is 12.1 Å².